The van der Waals surface area contributed by atoms with Crippen LogP contribution in [-0.2, 0) is 0 Å². The number of hydrogen-bond donors (Lipinski definition) is 2. The van der Waals surface area contributed by atoms with E-state index in [-0.39, 0.29) is 17.2 Å². The predicted octanol–water partition coefficient (Wildman–Crippen LogP) is 4.78. The minimum absolute atomic E-state index is 0.139. The topological polar surface area (TPSA) is 58.2 Å². The van der Waals surface area contributed by atoms with Gasteiger partial charge in [0.2, 0.25) is 0 Å². The number of anilines is 2. The Labute approximate surface area is 154 Å². The van der Waals surface area contributed by atoms with E-state index < -0.39 is 17.5 Å². The van der Waals surface area contributed by atoms with Gasteiger partial charge in [-0.25, -0.2) is 8.78 Å². The summed E-state index contributed by atoms with van der Waals surface area (Å²) < 4.78 is 26.1. The number of rotatable bonds is 4. The molecule has 0 unspecified atom stereocenters. The smallest absolute Gasteiger partial charge is 0.255 e. The van der Waals surface area contributed by atoms with E-state index in [9.17, 15) is 18.4 Å². The molecule has 0 atom stereocenters. The number of hydrogen-bond acceptors (Lipinski definition) is 2. The van der Waals surface area contributed by atoms with Crippen molar-refractivity contribution in [1.29, 1.82) is 0 Å². The van der Waals surface area contributed by atoms with Crippen molar-refractivity contribution < 1.29 is 18.4 Å². The standard InChI is InChI=1S/C21H16F2N2O2/c1-13-3-2-4-16(11-13)24-20(26)14-5-7-15(8-6-14)21(27)25-17-9-10-18(22)19(23)12-17/h2-12H,1H3,(H,24,26)(H,25,27). The lowest BCUT2D eigenvalue weighted by atomic mass is 10.1. The van der Waals surface area contributed by atoms with E-state index in [1.807, 2.05) is 25.1 Å². The van der Waals surface area contributed by atoms with Crippen LogP contribution in [0.4, 0.5) is 20.2 Å². The first-order valence-corrected chi connectivity index (χ1v) is 8.17. The second-order valence-electron chi connectivity index (χ2n) is 5.98. The lowest BCUT2D eigenvalue weighted by Gasteiger charge is -2.08. The van der Waals surface area contributed by atoms with Gasteiger partial charge in [0.1, 0.15) is 0 Å². The summed E-state index contributed by atoms with van der Waals surface area (Å²) in [6, 6.07) is 16.5. The van der Waals surface area contributed by atoms with E-state index in [1.54, 1.807) is 6.07 Å². The first-order valence-electron chi connectivity index (χ1n) is 8.17. The zero-order valence-electron chi connectivity index (χ0n) is 14.4. The number of halogens is 2. The second-order valence-corrected chi connectivity index (χ2v) is 5.98. The molecule has 0 bridgehead atoms. The van der Waals surface area contributed by atoms with Crippen LogP contribution in [0.15, 0.2) is 66.7 Å². The maximum Gasteiger partial charge on any atom is 0.255 e. The Morgan fingerprint density at radius 2 is 1.26 bits per heavy atom. The zero-order valence-corrected chi connectivity index (χ0v) is 14.4. The lowest BCUT2D eigenvalue weighted by Crippen LogP contribution is -2.14. The summed E-state index contributed by atoms with van der Waals surface area (Å²) in [7, 11) is 0. The van der Waals surface area contributed by atoms with Crippen LogP contribution in [-0.4, -0.2) is 11.8 Å². The van der Waals surface area contributed by atoms with Crippen LogP contribution >= 0.6 is 0 Å². The van der Waals surface area contributed by atoms with Crippen LogP contribution in [0.2, 0.25) is 0 Å². The van der Waals surface area contributed by atoms with Gasteiger partial charge in [0.05, 0.1) is 0 Å². The molecule has 0 radical (unpaired) electrons. The SMILES string of the molecule is Cc1cccc(NC(=O)c2ccc(C(=O)Nc3ccc(F)c(F)c3)cc2)c1. The largest absolute Gasteiger partial charge is 0.322 e. The van der Waals surface area contributed by atoms with Crippen LogP contribution in [0.1, 0.15) is 26.3 Å². The minimum atomic E-state index is -1.05. The van der Waals surface area contributed by atoms with Crippen LogP contribution < -0.4 is 10.6 Å². The van der Waals surface area contributed by atoms with E-state index >= 15 is 0 Å². The van der Waals surface area contributed by atoms with Gasteiger partial charge in [-0.15, -0.1) is 0 Å². The van der Waals surface area contributed by atoms with Crippen molar-refractivity contribution in [3.05, 3.63) is 95.1 Å². The molecule has 0 heterocycles. The first kappa shape index (κ1) is 18.3. The van der Waals surface area contributed by atoms with E-state index in [0.717, 1.165) is 17.7 Å². The van der Waals surface area contributed by atoms with Crippen molar-refractivity contribution >= 4 is 23.2 Å². The molecule has 0 aliphatic carbocycles. The Morgan fingerprint density at radius 3 is 1.78 bits per heavy atom. The highest BCUT2D eigenvalue weighted by atomic mass is 19.2. The Bertz CT molecular complexity index is 1000. The van der Waals surface area contributed by atoms with Gasteiger partial charge in [-0.1, -0.05) is 12.1 Å². The van der Waals surface area contributed by atoms with Crippen LogP contribution in [0.5, 0.6) is 0 Å². The van der Waals surface area contributed by atoms with E-state index in [2.05, 4.69) is 10.6 Å². The molecule has 3 aromatic rings. The average molecular weight is 366 g/mol. The molecule has 0 saturated heterocycles. The minimum Gasteiger partial charge on any atom is -0.322 e. The molecular weight excluding hydrogens is 350 g/mol. The summed E-state index contributed by atoms with van der Waals surface area (Å²) in [5.41, 5.74) is 2.52. The van der Waals surface area contributed by atoms with Gasteiger partial charge in [-0.05, 0) is 61.0 Å². The van der Waals surface area contributed by atoms with Crippen molar-refractivity contribution in [3.63, 3.8) is 0 Å². The molecule has 0 spiro atoms. The summed E-state index contributed by atoms with van der Waals surface area (Å²) >= 11 is 0. The highest BCUT2D eigenvalue weighted by molar-refractivity contribution is 6.07. The summed E-state index contributed by atoms with van der Waals surface area (Å²) in [6.45, 7) is 1.93. The van der Waals surface area contributed by atoms with Crippen LogP contribution in [0.3, 0.4) is 0 Å². The lowest BCUT2D eigenvalue weighted by molar-refractivity contribution is 0.101. The third kappa shape index (κ3) is 4.55. The monoisotopic (exact) mass is 366 g/mol. The molecule has 136 valence electrons. The predicted molar refractivity (Wildman–Crippen MR) is 99.9 cm³/mol. The van der Waals surface area contributed by atoms with E-state index in [1.165, 1.54) is 30.3 Å². The fourth-order valence-corrected chi connectivity index (χ4v) is 2.48. The molecule has 2 amide bonds. The molecule has 3 aromatic carbocycles. The normalized spacial score (nSPS) is 10.3. The summed E-state index contributed by atoms with van der Waals surface area (Å²) in [4.78, 5) is 24.5. The summed E-state index contributed by atoms with van der Waals surface area (Å²) in [5, 5.41) is 5.26. The highest BCUT2D eigenvalue weighted by Crippen LogP contribution is 2.16. The molecule has 2 N–H and O–H groups in total. The Hall–Kier alpha value is -3.54. The molecule has 0 aromatic heterocycles. The first-order chi connectivity index (χ1) is 12.9. The molecule has 27 heavy (non-hydrogen) atoms. The number of amides is 2. The van der Waals surface area contributed by atoms with Gasteiger partial charge >= 0.3 is 0 Å². The summed E-state index contributed by atoms with van der Waals surface area (Å²) in [5.74, 6) is -2.83. The maximum absolute atomic E-state index is 13.2. The van der Waals surface area contributed by atoms with Gasteiger partial charge in [0.25, 0.3) is 11.8 Å². The summed E-state index contributed by atoms with van der Waals surface area (Å²) in [6.07, 6.45) is 0. The maximum atomic E-state index is 13.2. The molecule has 3 rings (SSSR count). The quantitative estimate of drug-likeness (QED) is 0.698. The number of benzene rings is 3. The van der Waals surface area contributed by atoms with Crippen molar-refractivity contribution in [2.24, 2.45) is 0 Å². The third-order valence-corrected chi connectivity index (χ3v) is 3.86. The number of carbonyl (C=O) groups excluding carboxylic acids is 2. The van der Waals surface area contributed by atoms with Crippen molar-refractivity contribution in [3.8, 4) is 0 Å². The van der Waals surface area contributed by atoms with Gasteiger partial charge in [-0.2, -0.15) is 0 Å². The van der Waals surface area contributed by atoms with Gasteiger partial charge in [0.15, 0.2) is 11.6 Å². The van der Waals surface area contributed by atoms with Crippen molar-refractivity contribution in [2.45, 2.75) is 6.92 Å². The molecule has 0 aliphatic rings. The molecular formula is C21H16F2N2O2. The van der Waals surface area contributed by atoms with Crippen LogP contribution in [0.25, 0.3) is 0 Å². The number of aryl methyl sites for hydroxylation is 1. The molecule has 0 fully saturated rings. The Morgan fingerprint density at radius 1 is 0.704 bits per heavy atom. The van der Waals surface area contributed by atoms with Gasteiger partial charge in [0, 0.05) is 28.6 Å². The van der Waals surface area contributed by atoms with Crippen LogP contribution in [0, 0.1) is 18.6 Å². The average Bonchev–Trinajstić information content (AvgIpc) is 2.65. The zero-order chi connectivity index (χ0) is 19.4. The van der Waals surface area contributed by atoms with E-state index in [4.69, 9.17) is 0 Å². The third-order valence-electron chi connectivity index (χ3n) is 3.86. The fourth-order valence-electron chi connectivity index (χ4n) is 2.48. The van der Waals surface area contributed by atoms with E-state index in [0.29, 0.717) is 11.3 Å². The van der Waals surface area contributed by atoms with Gasteiger partial charge in [-0.3, -0.25) is 9.59 Å². The fraction of sp³-hybridized carbons (Fsp3) is 0.0476. The second kappa shape index (κ2) is 7.78. The molecule has 0 aliphatic heterocycles. The number of carbonyl (C=O) groups is 2. The molecule has 6 heteroatoms. The Balaban J connectivity index is 1.67. The molecule has 4 nitrogen and oxygen atoms in total. The van der Waals surface area contributed by atoms with Crippen molar-refractivity contribution in [1.82, 2.24) is 0 Å². The van der Waals surface area contributed by atoms with Gasteiger partial charge < -0.3 is 10.6 Å². The van der Waals surface area contributed by atoms with Crippen molar-refractivity contribution in [2.75, 3.05) is 10.6 Å². The highest BCUT2D eigenvalue weighted by Gasteiger charge is 2.11. The molecule has 0 saturated carbocycles. The Kier molecular flexibility index (Phi) is 5.26. The number of nitrogens with one attached hydrogen (secondary N) is 2.